The SMILES string of the molecule is Cc1nonc1CC(=O)N1CCCC1CCc1cnc(-c2c(C)noc2C)cn1. The number of rotatable bonds is 6. The first-order chi connectivity index (χ1) is 14.0. The number of aryl methyl sites for hydroxylation is 4. The summed E-state index contributed by atoms with van der Waals surface area (Å²) in [5.74, 6) is 0.813. The molecule has 4 rings (SSSR count). The van der Waals surface area contributed by atoms with Crippen molar-refractivity contribution in [1.82, 2.24) is 30.3 Å². The van der Waals surface area contributed by atoms with Crippen molar-refractivity contribution >= 4 is 5.91 Å². The van der Waals surface area contributed by atoms with Crippen LogP contribution in [0.2, 0.25) is 0 Å². The normalized spacial score (nSPS) is 16.5. The third kappa shape index (κ3) is 4.03. The Kier molecular flexibility index (Phi) is 5.37. The Balaban J connectivity index is 1.37. The molecule has 1 fully saturated rings. The Labute approximate surface area is 168 Å². The van der Waals surface area contributed by atoms with E-state index < -0.39 is 0 Å². The highest BCUT2D eigenvalue weighted by Crippen LogP contribution is 2.25. The van der Waals surface area contributed by atoms with Gasteiger partial charge in [0.2, 0.25) is 5.91 Å². The fourth-order valence-electron chi connectivity index (χ4n) is 3.89. The average molecular weight is 396 g/mol. The van der Waals surface area contributed by atoms with E-state index in [1.807, 2.05) is 18.7 Å². The van der Waals surface area contributed by atoms with E-state index >= 15 is 0 Å². The minimum atomic E-state index is 0.0751. The van der Waals surface area contributed by atoms with Gasteiger partial charge in [-0.05, 0) is 46.5 Å². The summed E-state index contributed by atoms with van der Waals surface area (Å²) >= 11 is 0. The van der Waals surface area contributed by atoms with Gasteiger partial charge in [0.1, 0.15) is 17.1 Å². The molecule has 1 atom stereocenters. The predicted molar refractivity (Wildman–Crippen MR) is 103 cm³/mol. The van der Waals surface area contributed by atoms with E-state index in [1.165, 1.54) is 0 Å². The largest absolute Gasteiger partial charge is 0.361 e. The fraction of sp³-hybridized carbons (Fsp3) is 0.500. The molecule has 0 radical (unpaired) electrons. The molecular weight excluding hydrogens is 372 g/mol. The van der Waals surface area contributed by atoms with Gasteiger partial charge in [0.25, 0.3) is 0 Å². The lowest BCUT2D eigenvalue weighted by atomic mass is 10.1. The third-order valence-electron chi connectivity index (χ3n) is 5.49. The van der Waals surface area contributed by atoms with Gasteiger partial charge >= 0.3 is 0 Å². The van der Waals surface area contributed by atoms with E-state index in [1.54, 1.807) is 19.3 Å². The number of hydrogen-bond donors (Lipinski definition) is 0. The van der Waals surface area contributed by atoms with Crippen LogP contribution in [0, 0.1) is 20.8 Å². The summed E-state index contributed by atoms with van der Waals surface area (Å²) in [4.78, 5) is 23.7. The highest BCUT2D eigenvalue weighted by atomic mass is 16.6. The van der Waals surface area contributed by atoms with Crippen molar-refractivity contribution in [3.05, 3.63) is 40.9 Å². The molecule has 0 spiro atoms. The van der Waals surface area contributed by atoms with Crippen LogP contribution in [-0.4, -0.2) is 48.8 Å². The van der Waals surface area contributed by atoms with E-state index in [9.17, 15) is 4.79 Å². The Morgan fingerprint density at radius 2 is 2.00 bits per heavy atom. The molecule has 3 aromatic rings. The lowest BCUT2D eigenvalue weighted by Gasteiger charge is -2.24. The summed E-state index contributed by atoms with van der Waals surface area (Å²) in [5, 5.41) is 11.5. The fourth-order valence-corrected chi connectivity index (χ4v) is 3.89. The van der Waals surface area contributed by atoms with Gasteiger partial charge in [-0.1, -0.05) is 15.5 Å². The molecule has 1 amide bonds. The number of nitrogens with zero attached hydrogens (tertiary/aromatic N) is 6. The average Bonchev–Trinajstić information content (AvgIpc) is 3.42. The van der Waals surface area contributed by atoms with Crippen molar-refractivity contribution < 1.29 is 13.9 Å². The van der Waals surface area contributed by atoms with Gasteiger partial charge in [-0.15, -0.1) is 0 Å². The van der Waals surface area contributed by atoms with Gasteiger partial charge < -0.3 is 9.42 Å². The van der Waals surface area contributed by atoms with Crippen LogP contribution >= 0.6 is 0 Å². The summed E-state index contributed by atoms with van der Waals surface area (Å²) in [7, 11) is 0. The minimum absolute atomic E-state index is 0.0751. The summed E-state index contributed by atoms with van der Waals surface area (Å²) in [6, 6.07) is 0.215. The maximum atomic E-state index is 12.7. The number of carbonyl (C=O) groups excluding carboxylic acids is 1. The molecule has 4 heterocycles. The van der Waals surface area contributed by atoms with Crippen LogP contribution in [0.4, 0.5) is 0 Å². The van der Waals surface area contributed by atoms with Crippen LogP contribution in [0.5, 0.6) is 0 Å². The number of hydrogen-bond acceptors (Lipinski definition) is 8. The number of carbonyl (C=O) groups is 1. The molecule has 0 N–H and O–H groups in total. The van der Waals surface area contributed by atoms with Crippen molar-refractivity contribution in [2.45, 2.75) is 58.9 Å². The maximum Gasteiger partial charge on any atom is 0.229 e. The van der Waals surface area contributed by atoms with Crippen molar-refractivity contribution in [2.75, 3.05) is 6.54 Å². The van der Waals surface area contributed by atoms with E-state index in [4.69, 9.17) is 9.15 Å². The van der Waals surface area contributed by atoms with Gasteiger partial charge in [0.15, 0.2) is 0 Å². The van der Waals surface area contributed by atoms with Crippen LogP contribution in [0.3, 0.4) is 0 Å². The summed E-state index contributed by atoms with van der Waals surface area (Å²) < 4.78 is 9.90. The molecule has 1 unspecified atom stereocenters. The van der Waals surface area contributed by atoms with Gasteiger partial charge in [0.05, 0.1) is 35.3 Å². The zero-order valence-corrected chi connectivity index (χ0v) is 16.9. The van der Waals surface area contributed by atoms with Crippen LogP contribution < -0.4 is 0 Å². The summed E-state index contributed by atoms with van der Waals surface area (Å²) in [6.07, 6.45) is 7.45. The molecule has 0 aromatic carbocycles. The quantitative estimate of drug-likeness (QED) is 0.625. The second-order valence-corrected chi connectivity index (χ2v) is 7.49. The Hall–Kier alpha value is -3.10. The van der Waals surface area contributed by atoms with Gasteiger partial charge in [0, 0.05) is 18.8 Å². The van der Waals surface area contributed by atoms with E-state index in [0.29, 0.717) is 11.4 Å². The van der Waals surface area contributed by atoms with Crippen LogP contribution in [-0.2, 0) is 17.6 Å². The topological polar surface area (TPSA) is 111 Å². The van der Waals surface area contributed by atoms with Crippen molar-refractivity contribution in [3.8, 4) is 11.3 Å². The molecule has 0 saturated carbocycles. The molecule has 9 nitrogen and oxygen atoms in total. The Bertz CT molecular complexity index is 975. The number of aromatic nitrogens is 5. The second-order valence-electron chi connectivity index (χ2n) is 7.49. The molecule has 0 bridgehead atoms. The first kappa shape index (κ1) is 19.2. The zero-order valence-electron chi connectivity index (χ0n) is 16.9. The monoisotopic (exact) mass is 396 g/mol. The van der Waals surface area contributed by atoms with Crippen LogP contribution in [0.25, 0.3) is 11.3 Å². The number of amides is 1. The molecule has 9 heteroatoms. The first-order valence-corrected chi connectivity index (χ1v) is 9.84. The highest BCUT2D eigenvalue weighted by molar-refractivity contribution is 5.79. The Morgan fingerprint density at radius 1 is 1.14 bits per heavy atom. The molecular formula is C20H24N6O3. The molecule has 3 aromatic heterocycles. The lowest BCUT2D eigenvalue weighted by molar-refractivity contribution is -0.131. The van der Waals surface area contributed by atoms with Crippen molar-refractivity contribution in [3.63, 3.8) is 0 Å². The van der Waals surface area contributed by atoms with E-state index in [0.717, 1.165) is 60.6 Å². The van der Waals surface area contributed by atoms with E-state index in [-0.39, 0.29) is 18.4 Å². The van der Waals surface area contributed by atoms with Gasteiger partial charge in [-0.25, -0.2) is 4.63 Å². The molecule has 1 saturated heterocycles. The molecule has 1 aliphatic rings. The molecule has 29 heavy (non-hydrogen) atoms. The standard InChI is InChI=1S/C20H24N6O3/c1-12-17(25-29-24-12)9-19(27)26-8-4-5-16(26)7-6-15-10-22-18(11-21-15)20-13(2)23-28-14(20)3/h10-11,16H,4-9H2,1-3H3. The maximum absolute atomic E-state index is 12.7. The van der Waals surface area contributed by atoms with Crippen LogP contribution in [0.15, 0.2) is 21.5 Å². The first-order valence-electron chi connectivity index (χ1n) is 9.84. The van der Waals surface area contributed by atoms with Gasteiger partial charge in [-0.2, -0.15) is 0 Å². The number of likely N-dealkylation sites (tertiary alicyclic amines) is 1. The predicted octanol–water partition coefficient (Wildman–Crippen LogP) is 2.61. The smallest absolute Gasteiger partial charge is 0.229 e. The summed E-state index contributed by atoms with van der Waals surface area (Å²) in [5.41, 5.74) is 4.66. The van der Waals surface area contributed by atoms with Crippen LogP contribution in [0.1, 0.15) is 47.8 Å². The summed E-state index contributed by atoms with van der Waals surface area (Å²) in [6.45, 7) is 6.34. The minimum Gasteiger partial charge on any atom is -0.361 e. The van der Waals surface area contributed by atoms with E-state index in [2.05, 4.69) is 25.4 Å². The molecule has 152 valence electrons. The second kappa shape index (κ2) is 8.10. The highest BCUT2D eigenvalue weighted by Gasteiger charge is 2.29. The lowest BCUT2D eigenvalue weighted by Crippen LogP contribution is -2.37. The Morgan fingerprint density at radius 3 is 2.66 bits per heavy atom. The van der Waals surface area contributed by atoms with Gasteiger partial charge in [-0.3, -0.25) is 14.8 Å². The van der Waals surface area contributed by atoms with Crippen molar-refractivity contribution in [1.29, 1.82) is 0 Å². The molecule has 1 aliphatic heterocycles. The zero-order chi connectivity index (χ0) is 20.4. The third-order valence-corrected chi connectivity index (χ3v) is 5.49. The molecule has 0 aliphatic carbocycles. The van der Waals surface area contributed by atoms with Crippen molar-refractivity contribution in [2.24, 2.45) is 0 Å².